The van der Waals surface area contributed by atoms with Gasteiger partial charge in [0.25, 0.3) is 0 Å². The van der Waals surface area contributed by atoms with Gasteiger partial charge in [0.2, 0.25) is 0 Å². The van der Waals surface area contributed by atoms with Crippen molar-refractivity contribution in [2.24, 2.45) is 0 Å². The molecule has 0 atom stereocenters. The lowest BCUT2D eigenvalue weighted by Crippen LogP contribution is -2.04. The van der Waals surface area contributed by atoms with Gasteiger partial charge in [-0.2, -0.15) is 0 Å². The highest BCUT2D eigenvalue weighted by Gasteiger charge is 2.02. The molecule has 0 aliphatic rings. The zero-order chi connectivity index (χ0) is 11.2. The molecule has 1 heterocycles. The molecule has 0 spiro atoms. The maximum absolute atomic E-state index is 5.69. The predicted molar refractivity (Wildman–Crippen MR) is 66.8 cm³/mol. The Balaban J connectivity index is 2.07. The minimum atomic E-state index is 0.693. The number of imidazole rings is 1. The third kappa shape index (κ3) is 2.86. The van der Waals surface area contributed by atoms with E-state index in [0.717, 1.165) is 25.2 Å². The van der Waals surface area contributed by atoms with Crippen LogP contribution in [0.1, 0.15) is 17.8 Å². The molecular formula is C13H15ClN2. The smallest absolute Gasteiger partial charge is 0.108 e. The Bertz CT molecular complexity index is 423. The van der Waals surface area contributed by atoms with Gasteiger partial charge in [0, 0.05) is 31.2 Å². The molecule has 0 unspecified atom stereocenters. The maximum Gasteiger partial charge on any atom is 0.108 e. The third-order valence-corrected chi connectivity index (χ3v) is 2.80. The minimum absolute atomic E-state index is 0.693. The molecule has 0 bridgehead atoms. The predicted octanol–water partition coefficient (Wildman–Crippen LogP) is 3.10. The zero-order valence-electron chi connectivity index (χ0n) is 9.14. The van der Waals surface area contributed by atoms with Gasteiger partial charge in [0.05, 0.1) is 0 Å². The first kappa shape index (κ1) is 11.2. The number of nitrogens with zero attached hydrogens (tertiary/aromatic N) is 2. The number of alkyl halides is 1. The standard InChI is InChI=1S/C13H15ClN2/c14-8-4-7-13-15-9-10-16(13)11-12-5-2-1-3-6-12/h1-3,5-6,9-10H,4,7-8,11H2. The molecule has 0 saturated heterocycles. The second-order valence-corrected chi connectivity index (χ2v) is 4.13. The second kappa shape index (κ2) is 5.71. The molecule has 1 aromatic heterocycles. The van der Waals surface area contributed by atoms with Crippen molar-refractivity contribution in [1.82, 2.24) is 9.55 Å². The number of halogens is 1. The van der Waals surface area contributed by atoms with E-state index in [4.69, 9.17) is 11.6 Å². The Morgan fingerprint density at radius 2 is 2.00 bits per heavy atom. The van der Waals surface area contributed by atoms with Crippen molar-refractivity contribution < 1.29 is 0 Å². The summed E-state index contributed by atoms with van der Waals surface area (Å²) >= 11 is 5.69. The van der Waals surface area contributed by atoms with E-state index in [2.05, 4.69) is 33.8 Å². The highest BCUT2D eigenvalue weighted by Crippen LogP contribution is 2.07. The number of aromatic nitrogens is 2. The Morgan fingerprint density at radius 1 is 1.19 bits per heavy atom. The van der Waals surface area contributed by atoms with Crippen LogP contribution in [0.5, 0.6) is 0 Å². The molecule has 0 aliphatic heterocycles. The third-order valence-electron chi connectivity index (χ3n) is 2.53. The van der Waals surface area contributed by atoms with Crippen molar-refractivity contribution >= 4 is 11.6 Å². The van der Waals surface area contributed by atoms with Crippen molar-refractivity contribution in [2.75, 3.05) is 5.88 Å². The fraction of sp³-hybridized carbons (Fsp3) is 0.308. The molecule has 0 aliphatic carbocycles. The summed E-state index contributed by atoms with van der Waals surface area (Å²) in [5.41, 5.74) is 1.30. The summed E-state index contributed by atoms with van der Waals surface area (Å²) in [6.07, 6.45) is 5.81. The van der Waals surface area contributed by atoms with Crippen LogP contribution in [0.2, 0.25) is 0 Å². The molecule has 0 radical (unpaired) electrons. The Kier molecular flexibility index (Phi) is 4.00. The normalized spacial score (nSPS) is 10.6. The fourth-order valence-electron chi connectivity index (χ4n) is 1.72. The molecule has 2 aromatic rings. The van der Waals surface area contributed by atoms with E-state index in [1.54, 1.807) is 0 Å². The van der Waals surface area contributed by atoms with E-state index in [1.807, 2.05) is 18.5 Å². The van der Waals surface area contributed by atoms with Crippen molar-refractivity contribution in [3.63, 3.8) is 0 Å². The summed E-state index contributed by atoms with van der Waals surface area (Å²) in [6, 6.07) is 10.4. The summed E-state index contributed by atoms with van der Waals surface area (Å²) in [7, 11) is 0. The molecule has 2 rings (SSSR count). The van der Waals surface area contributed by atoms with E-state index in [1.165, 1.54) is 5.56 Å². The average Bonchev–Trinajstić information content (AvgIpc) is 2.75. The number of benzene rings is 1. The van der Waals surface area contributed by atoms with Gasteiger partial charge in [-0.15, -0.1) is 11.6 Å². The van der Waals surface area contributed by atoms with Crippen LogP contribution in [0.25, 0.3) is 0 Å². The highest BCUT2D eigenvalue weighted by atomic mass is 35.5. The van der Waals surface area contributed by atoms with E-state index in [9.17, 15) is 0 Å². The highest BCUT2D eigenvalue weighted by molar-refractivity contribution is 6.17. The van der Waals surface area contributed by atoms with Crippen molar-refractivity contribution in [3.8, 4) is 0 Å². The molecule has 84 valence electrons. The first-order valence-electron chi connectivity index (χ1n) is 5.50. The lowest BCUT2D eigenvalue weighted by Gasteiger charge is -2.07. The van der Waals surface area contributed by atoms with Gasteiger partial charge in [-0.3, -0.25) is 0 Å². The van der Waals surface area contributed by atoms with E-state index < -0.39 is 0 Å². The molecule has 1 aromatic carbocycles. The molecule has 2 nitrogen and oxygen atoms in total. The summed E-state index contributed by atoms with van der Waals surface area (Å²) in [6.45, 7) is 0.887. The lowest BCUT2D eigenvalue weighted by molar-refractivity contribution is 0.706. The van der Waals surface area contributed by atoms with Crippen molar-refractivity contribution in [2.45, 2.75) is 19.4 Å². The molecule has 16 heavy (non-hydrogen) atoms. The van der Waals surface area contributed by atoms with E-state index in [-0.39, 0.29) is 0 Å². The summed E-state index contributed by atoms with van der Waals surface area (Å²) < 4.78 is 2.18. The van der Waals surface area contributed by atoms with Gasteiger partial charge in [-0.1, -0.05) is 30.3 Å². The zero-order valence-corrected chi connectivity index (χ0v) is 9.90. The van der Waals surface area contributed by atoms with Crippen LogP contribution < -0.4 is 0 Å². The van der Waals surface area contributed by atoms with Crippen LogP contribution in [0.3, 0.4) is 0 Å². The number of aryl methyl sites for hydroxylation is 1. The SMILES string of the molecule is ClCCCc1nccn1Cc1ccccc1. The molecule has 0 fully saturated rings. The van der Waals surface area contributed by atoms with Gasteiger partial charge in [0.1, 0.15) is 5.82 Å². The van der Waals surface area contributed by atoms with Gasteiger partial charge in [-0.25, -0.2) is 4.98 Å². The Labute approximate surface area is 101 Å². The van der Waals surface area contributed by atoms with Gasteiger partial charge in [-0.05, 0) is 12.0 Å². The number of hydrogen-bond donors (Lipinski definition) is 0. The monoisotopic (exact) mass is 234 g/mol. The maximum atomic E-state index is 5.69. The van der Waals surface area contributed by atoms with Crippen LogP contribution in [0.4, 0.5) is 0 Å². The molecule has 0 N–H and O–H groups in total. The van der Waals surface area contributed by atoms with Crippen molar-refractivity contribution in [3.05, 3.63) is 54.1 Å². The van der Waals surface area contributed by atoms with E-state index in [0.29, 0.717) is 5.88 Å². The Hall–Kier alpha value is -1.28. The number of rotatable bonds is 5. The van der Waals surface area contributed by atoms with Gasteiger partial charge >= 0.3 is 0 Å². The summed E-state index contributed by atoms with van der Waals surface area (Å²) in [5.74, 6) is 1.81. The van der Waals surface area contributed by atoms with Crippen LogP contribution in [-0.4, -0.2) is 15.4 Å². The second-order valence-electron chi connectivity index (χ2n) is 3.75. The van der Waals surface area contributed by atoms with Crippen LogP contribution in [0.15, 0.2) is 42.7 Å². The molecule has 3 heteroatoms. The number of hydrogen-bond acceptors (Lipinski definition) is 1. The van der Waals surface area contributed by atoms with Gasteiger partial charge < -0.3 is 4.57 Å². The summed E-state index contributed by atoms with van der Waals surface area (Å²) in [5, 5.41) is 0. The molecular weight excluding hydrogens is 220 g/mol. The first-order chi connectivity index (χ1) is 7.90. The first-order valence-corrected chi connectivity index (χ1v) is 6.03. The quantitative estimate of drug-likeness (QED) is 0.727. The largest absolute Gasteiger partial charge is 0.331 e. The molecule has 0 amide bonds. The van der Waals surface area contributed by atoms with Crippen LogP contribution >= 0.6 is 11.6 Å². The topological polar surface area (TPSA) is 17.8 Å². The van der Waals surface area contributed by atoms with Crippen LogP contribution in [-0.2, 0) is 13.0 Å². The van der Waals surface area contributed by atoms with Crippen molar-refractivity contribution in [1.29, 1.82) is 0 Å². The fourth-order valence-corrected chi connectivity index (χ4v) is 1.85. The summed E-state index contributed by atoms with van der Waals surface area (Å²) in [4.78, 5) is 4.35. The lowest BCUT2D eigenvalue weighted by atomic mass is 10.2. The Morgan fingerprint density at radius 3 is 2.75 bits per heavy atom. The molecule has 0 saturated carbocycles. The average molecular weight is 235 g/mol. The van der Waals surface area contributed by atoms with E-state index >= 15 is 0 Å². The minimum Gasteiger partial charge on any atom is -0.331 e. The van der Waals surface area contributed by atoms with Crippen LogP contribution in [0, 0.1) is 0 Å². The van der Waals surface area contributed by atoms with Gasteiger partial charge in [0.15, 0.2) is 0 Å².